The van der Waals surface area contributed by atoms with E-state index in [1.54, 1.807) is 0 Å². The summed E-state index contributed by atoms with van der Waals surface area (Å²) >= 11 is 1.89. The Labute approximate surface area is 131 Å². The fourth-order valence-electron chi connectivity index (χ4n) is 4.02. The molecule has 3 heterocycles. The molecule has 1 N–H and O–H groups in total. The molecule has 3 heteroatoms. The molecule has 2 nitrogen and oxygen atoms in total. The zero-order chi connectivity index (χ0) is 14.1. The highest BCUT2D eigenvalue weighted by atomic mass is 32.1. The minimum absolute atomic E-state index is 0.814. The van der Waals surface area contributed by atoms with Gasteiger partial charge in [-0.3, -0.25) is 4.90 Å². The van der Waals surface area contributed by atoms with Crippen LogP contribution in [0.4, 0.5) is 0 Å². The summed E-state index contributed by atoms with van der Waals surface area (Å²) in [5, 5.41) is 7.51. The topological polar surface area (TPSA) is 15.3 Å². The van der Waals surface area contributed by atoms with Gasteiger partial charge in [-0.1, -0.05) is 18.2 Å². The summed E-state index contributed by atoms with van der Waals surface area (Å²) in [5.74, 6) is 0.919. The molecular formula is C18H24N2S. The highest BCUT2D eigenvalue weighted by molar-refractivity contribution is 7.17. The number of rotatable bonds is 3. The number of hydrogen-bond acceptors (Lipinski definition) is 3. The first-order valence-corrected chi connectivity index (χ1v) is 9.19. The smallest absolute Gasteiger partial charge is 0.0346 e. The lowest BCUT2D eigenvalue weighted by molar-refractivity contribution is 0.158. The van der Waals surface area contributed by atoms with Crippen molar-refractivity contribution in [1.82, 2.24) is 10.2 Å². The van der Waals surface area contributed by atoms with Crippen LogP contribution in [0.25, 0.3) is 10.1 Å². The normalized spacial score (nSPS) is 24.9. The standard InChI is InChI=1S/C18H24N2S/c1-2-6-18-16(4-1)15(13-21-18)12-20-10-7-14(8-11-20)17-5-3-9-19-17/h1-2,4,6,13-14,17,19H,3,5,7-12H2. The van der Waals surface area contributed by atoms with E-state index in [0.717, 1.165) is 18.5 Å². The number of fused-ring (bicyclic) bond motifs is 1. The SMILES string of the molecule is c1ccc2c(CN3CCC(C4CCCN4)CC3)csc2c1. The molecule has 0 amide bonds. The van der Waals surface area contributed by atoms with Crippen LogP contribution in [0.15, 0.2) is 29.6 Å². The number of nitrogens with one attached hydrogen (secondary N) is 1. The average Bonchev–Trinajstić information content (AvgIpc) is 3.19. The molecule has 0 spiro atoms. The van der Waals surface area contributed by atoms with Crippen molar-refractivity contribution >= 4 is 21.4 Å². The second-order valence-electron chi connectivity index (χ2n) is 6.57. The molecule has 1 aromatic heterocycles. The van der Waals surface area contributed by atoms with E-state index in [-0.39, 0.29) is 0 Å². The molecule has 2 aliphatic rings. The van der Waals surface area contributed by atoms with E-state index in [1.807, 2.05) is 11.3 Å². The highest BCUT2D eigenvalue weighted by Gasteiger charge is 2.28. The zero-order valence-corrected chi connectivity index (χ0v) is 13.4. The molecule has 2 aromatic rings. The lowest BCUT2D eigenvalue weighted by Crippen LogP contribution is -2.40. The van der Waals surface area contributed by atoms with E-state index in [4.69, 9.17) is 0 Å². The Morgan fingerprint density at radius 2 is 2.00 bits per heavy atom. The van der Waals surface area contributed by atoms with Crippen molar-refractivity contribution in [2.45, 2.75) is 38.3 Å². The molecule has 0 radical (unpaired) electrons. The molecular weight excluding hydrogens is 276 g/mol. The first-order valence-electron chi connectivity index (χ1n) is 8.31. The zero-order valence-electron chi connectivity index (χ0n) is 12.6. The van der Waals surface area contributed by atoms with Crippen molar-refractivity contribution < 1.29 is 0 Å². The van der Waals surface area contributed by atoms with Crippen LogP contribution in [-0.2, 0) is 6.54 Å². The largest absolute Gasteiger partial charge is 0.314 e. The van der Waals surface area contributed by atoms with Crippen molar-refractivity contribution in [3.63, 3.8) is 0 Å². The van der Waals surface area contributed by atoms with E-state index in [0.29, 0.717) is 0 Å². The van der Waals surface area contributed by atoms with Crippen LogP contribution in [0.2, 0.25) is 0 Å². The van der Waals surface area contributed by atoms with Crippen molar-refractivity contribution in [3.05, 3.63) is 35.2 Å². The molecule has 1 unspecified atom stereocenters. The molecule has 1 aromatic carbocycles. The van der Waals surface area contributed by atoms with Gasteiger partial charge in [0.15, 0.2) is 0 Å². The second kappa shape index (κ2) is 6.07. The van der Waals surface area contributed by atoms with Crippen molar-refractivity contribution in [2.24, 2.45) is 5.92 Å². The summed E-state index contributed by atoms with van der Waals surface area (Å²) in [6.07, 6.45) is 5.53. The van der Waals surface area contributed by atoms with E-state index < -0.39 is 0 Å². The first-order chi connectivity index (χ1) is 10.4. The van der Waals surface area contributed by atoms with Gasteiger partial charge < -0.3 is 5.32 Å². The summed E-state index contributed by atoms with van der Waals surface area (Å²) < 4.78 is 1.43. The number of hydrogen-bond donors (Lipinski definition) is 1. The van der Waals surface area contributed by atoms with E-state index in [9.17, 15) is 0 Å². The molecule has 2 aliphatic heterocycles. The van der Waals surface area contributed by atoms with Gasteiger partial charge in [0, 0.05) is 17.3 Å². The van der Waals surface area contributed by atoms with Crippen LogP contribution in [0.3, 0.4) is 0 Å². The van der Waals surface area contributed by atoms with Crippen LogP contribution in [0, 0.1) is 5.92 Å². The summed E-state index contributed by atoms with van der Waals surface area (Å²) in [6, 6.07) is 9.63. The molecule has 2 fully saturated rings. The number of nitrogens with zero attached hydrogens (tertiary/aromatic N) is 1. The quantitative estimate of drug-likeness (QED) is 0.926. The van der Waals surface area contributed by atoms with Gasteiger partial charge in [0.05, 0.1) is 0 Å². The third-order valence-electron chi connectivity index (χ3n) is 5.25. The number of benzene rings is 1. The maximum absolute atomic E-state index is 3.69. The molecule has 2 saturated heterocycles. The van der Waals surface area contributed by atoms with Crippen LogP contribution < -0.4 is 5.32 Å². The van der Waals surface area contributed by atoms with Gasteiger partial charge in [0.25, 0.3) is 0 Å². The van der Waals surface area contributed by atoms with E-state index >= 15 is 0 Å². The van der Waals surface area contributed by atoms with Crippen LogP contribution in [0.5, 0.6) is 0 Å². The molecule has 21 heavy (non-hydrogen) atoms. The third-order valence-corrected chi connectivity index (χ3v) is 6.27. The molecule has 1 atom stereocenters. The maximum atomic E-state index is 3.69. The van der Waals surface area contributed by atoms with E-state index in [1.165, 1.54) is 61.0 Å². The lowest BCUT2D eigenvalue weighted by atomic mass is 9.88. The minimum atomic E-state index is 0.814. The molecule has 0 saturated carbocycles. The Balaban J connectivity index is 1.38. The Morgan fingerprint density at radius 1 is 1.14 bits per heavy atom. The first kappa shape index (κ1) is 13.7. The van der Waals surface area contributed by atoms with Gasteiger partial charge in [-0.2, -0.15) is 0 Å². The second-order valence-corrected chi connectivity index (χ2v) is 7.48. The molecule has 0 bridgehead atoms. The van der Waals surface area contributed by atoms with Crippen LogP contribution >= 0.6 is 11.3 Å². The van der Waals surface area contributed by atoms with Crippen LogP contribution in [0.1, 0.15) is 31.2 Å². The van der Waals surface area contributed by atoms with Gasteiger partial charge in [0.2, 0.25) is 0 Å². The van der Waals surface area contributed by atoms with Crippen molar-refractivity contribution in [1.29, 1.82) is 0 Å². The van der Waals surface area contributed by atoms with Gasteiger partial charge in [-0.05, 0) is 73.6 Å². The van der Waals surface area contributed by atoms with Gasteiger partial charge in [-0.25, -0.2) is 0 Å². The van der Waals surface area contributed by atoms with Crippen LogP contribution in [-0.4, -0.2) is 30.6 Å². The molecule has 4 rings (SSSR count). The highest BCUT2D eigenvalue weighted by Crippen LogP contribution is 2.30. The predicted octanol–water partition coefficient (Wildman–Crippen LogP) is 3.87. The fourth-order valence-corrected chi connectivity index (χ4v) is 4.98. The average molecular weight is 300 g/mol. The lowest BCUT2D eigenvalue weighted by Gasteiger charge is -2.34. The Hall–Kier alpha value is -0.900. The van der Waals surface area contributed by atoms with E-state index in [2.05, 4.69) is 39.9 Å². The van der Waals surface area contributed by atoms with Gasteiger partial charge in [0.1, 0.15) is 0 Å². The molecule has 0 aliphatic carbocycles. The fraction of sp³-hybridized carbons (Fsp3) is 0.556. The van der Waals surface area contributed by atoms with Gasteiger partial charge >= 0.3 is 0 Å². The summed E-state index contributed by atoms with van der Waals surface area (Å²) in [7, 11) is 0. The van der Waals surface area contributed by atoms with Crippen molar-refractivity contribution in [2.75, 3.05) is 19.6 Å². The van der Waals surface area contributed by atoms with Gasteiger partial charge in [-0.15, -0.1) is 11.3 Å². The monoisotopic (exact) mass is 300 g/mol. The maximum Gasteiger partial charge on any atom is 0.0346 e. The number of piperidine rings is 1. The Kier molecular flexibility index (Phi) is 3.97. The Bertz CT molecular complexity index is 592. The summed E-state index contributed by atoms with van der Waals surface area (Å²) in [6.45, 7) is 4.92. The summed E-state index contributed by atoms with van der Waals surface area (Å²) in [4.78, 5) is 2.65. The molecule has 112 valence electrons. The Morgan fingerprint density at radius 3 is 2.81 bits per heavy atom. The predicted molar refractivity (Wildman–Crippen MR) is 90.9 cm³/mol. The summed E-state index contributed by atoms with van der Waals surface area (Å²) in [5.41, 5.74) is 1.52. The third kappa shape index (κ3) is 2.87. The minimum Gasteiger partial charge on any atom is -0.314 e. The van der Waals surface area contributed by atoms with Crippen molar-refractivity contribution in [3.8, 4) is 0 Å². The number of thiophene rings is 1. The number of likely N-dealkylation sites (tertiary alicyclic amines) is 1.